The highest BCUT2D eigenvalue weighted by Gasteiger charge is 2.27. The predicted octanol–water partition coefficient (Wildman–Crippen LogP) is 3.13. The first-order chi connectivity index (χ1) is 11.9. The second-order valence-electron chi connectivity index (χ2n) is 6.14. The summed E-state index contributed by atoms with van der Waals surface area (Å²) in [6, 6.07) is 4.69. The monoisotopic (exact) mass is 384 g/mol. The van der Waals surface area contributed by atoms with Gasteiger partial charge in [-0.3, -0.25) is 14.4 Å². The molecule has 3 rings (SSSR count). The van der Waals surface area contributed by atoms with Crippen molar-refractivity contribution in [3.8, 4) is 0 Å². The Morgan fingerprint density at radius 1 is 1.24 bits per heavy atom. The molecule has 1 aromatic carbocycles. The number of hydrogen-bond donors (Lipinski definition) is 0. The maximum absolute atomic E-state index is 13.9. The average molecular weight is 385 g/mol. The van der Waals surface area contributed by atoms with E-state index in [4.69, 9.17) is 23.2 Å². The summed E-state index contributed by atoms with van der Waals surface area (Å²) >= 11 is 12.3. The summed E-state index contributed by atoms with van der Waals surface area (Å²) in [5, 5.41) is 5.01. The fourth-order valence-corrected chi connectivity index (χ4v) is 3.49. The summed E-state index contributed by atoms with van der Waals surface area (Å²) in [5.41, 5.74) is 1.54. The van der Waals surface area contributed by atoms with Gasteiger partial charge in [-0.2, -0.15) is 5.10 Å². The van der Waals surface area contributed by atoms with Crippen molar-refractivity contribution in [2.75, 3.05) is 26.2 Å². The van der Waals surface area contributed by atoms with E-state index in [2.05, 4.69) is 10.00 Å². The zero-order valence-corrected chi connectivity index (χ0v) is 15.6. The number of nitrogens with zero attached hydrogens (tertiary/aromatic N) is 4. The Balaban J connectivity index is 1.65. The lowest BCUT2D eigenvalue weighted by molar-refractivity contribution is 0.0616. The first kappa shape index (κ1) is 18.2. The molecule has 134 valence electrons. The fourth-order valence-electron chi connectivity index (χ4n) is 3.03. The minimum absolute atomic E-state index is 0.128. The van der Waals surface area contributed by atoms with E-state index in [0.717, 1.165) is 0 Å². The Morgan fingerprint density at radius 3 is 2.48 bits per heavy atom. The van der Waals surface area contributed by atoms with Crippen LogP contribution in [0.5, 0.6) is 0 Å². The van der Waals surface area contributed by atoms with Crippen LogP contribution in [0.4, 0.5) is 4.39 Å². The first-order valence-corrected chi connectivity index (χ1v) is 8.77. The molecule has 2 aromatic rings. The highest BCUT2D eigenvalue weighted by atomic mass is 35.5. The maximum Gasteiger partial charge on any atom is 0.273 e. The Kier molecular flexibility index (Phi) is 5.32. The summed E-state index contributed by atoms with van der Waals surface area (Å²) in [5.74, 6) is -0.431. The number of halogens is 3. The third-order valence-corrected chi connectivity index (χ3v) is 5.26. The van der Waals surface area contributed by atoms with Crippen molar-refractivity contribution in [1.29, 1.82) is 0 Å². The van der Waals surface area contributed by atoms with Crippen LogP contribution < -0.4 is 0 Å². The van der Waals surface area contributed by atoms with Crippen LogP contribution in [0.3, 0.4) is 0 Å². The number of hydrogen-bond acceptors (Lipinski definition) is 3. The summed E-state index contributed by atoms with van der Waals surface area (Å²) in [4.78, 5) is 16.5. The van der Waals surface area contributed by atoms with Crippen LogP contribution in [0.25, 0.3) is 0 Å². The maximum atomic E-state index is 13.9. The van der Waals surface area contributed by atoms with Gasteiger partial charge in [0.1, 0.15) is 11.5 Å². The van der Waals surface area contributed by atoms with Crippen LogP contribution in [0.15, 0.2) is 18.2 Å². The Bertz CT molecular complexity index is 780. The van der Waals surface area contributed by atoms with Gasteiger partial charge < -0.3 is 4.90 Å². The van der Waals surface area contributed by atoms with Crippen molar-refractivity contribution in [1.82, 2.24) is 19.6 Å². The molecule has 1 aromatic heterocycles. The summed E-state index contributed by atoms with van der Waals surface area (Å²) < 4.78 is 15.4. The predicted molar refractivity (Wildman–Crippen MR) is 95.5 cm³/mol. The van der Waals surface area contributed by atoms with Gasteiger partial charge in [0.25, 0.3) is 5.91 Å². The Labute approximate surface area is 155 Å². The Morgan fingerprint density at radius 2 is 1.92 bits per heavy atom. The van der Waals surface area contributed by atoms with E-state index in [-0.39, 0.29) is 11.7 Å². The van der Waals surface area contributed by atoms with Crippen molar-refractivity contribution in [2.45, 2.75) is 13.5 Å². The number of aromatic nitrogens is 2. The smallest absolute Gasteiger partial charge is 0.273 e. The van der Waals surface area contributed by atoms with Crippen LogP contribution in [-0.2, 0) is 13.6 Å². The molecule has 0 saturated carbocycles. The third-order valence-electron chi connectivity index (χ3n) is 4.45. The molecule has 1 saturated heterocycles. The van der Waals surface area contributed by atoms with Gasteiger partial charge in [0.05, 0.1) is 10.7 Å². The summed E-state index contributed by atoms with van der Waals surface area (Å²) in [7, 11) is 1.71. The standard InChI is InChI=1S/C17H19Cl2FN4O/c1-11-15(19)16(22(2)21-11)17(25)24-8-6-23(7-9-24)10-12-13(18)4-3-5-14(12)20/h3-5H,6-10H2,1-2H3. The van der Waals surface area contributed by atoms with Gasteiger partial charge in [-0.25, -0.2) is 4.39 Å². The molecule has 8 heteroatoms. The Hall–Kier alpha value is -1.63. The lowest BCUT2D eigenvalue weighted by Crippen LogP contribution is -2.48. The molecule has 0 spiro atoms. The highest BCUT2D eigenvalue weighted by Crippen LogP contribution is 2.23. The molecule has 1 amide bonds. The fraction of sp³-hybridized carbons (Fsp3) is 0.412. The SMILES string of the molecule is Cc1nn(C)c(C(=O)N2CCN(Cc3c(F)cccc3Cl)CC2)c1Cl. The normalized spacial score (nSPS) is 15.6. The van der Waals surface area contributed by atoms with Gasteiger partial charge in [-0.05, 0) is 19.1 Å². The zero-order chi connectivity index (χ0) is 18.1. The van der Waals surface area contributed by atoms with Crippen LogP contribution in [0.1, 0.15) is 21.7 Å². The van der Waals surface area contributed by atoms with E-state index < -0.39 is 0 Å². The minimum atomic E-state index is -0.303. The molecular formula is C17H19Cl2FN4O. The molecule has 0 atom stereocenters. The van der Waals surface area contributed by atoms with E-state index in [1.807, 2.05) is 0 Å². The van der Waals surface area contributed by atoms with Crippen molar-refractivity contribution in [3.63, 3.8) is 0 Å². The molecule has 0 unspecified atom stereocenters. The topological polar surface area (TPSA) is 41.4 Å². The van der Waals surface area contributed by atoms with Crippen LogP contribution >= 0.6 is 23.2 Å². The second kappa shape index (κ2) is 7.32. The van der Waals surface area contributed by atoms with E-state index in [1.54, 1.807) is 31.0 Å². The van der Waals surface area contributed by atoms with Gasteiger partial charge >= 0.3 is 0 Å². The lowest BCUT2D eigenvalue weighted by atomic mass is 10.1. The second-order valence-corrected chi connectivity index (χ2v) is 6.93. The number of benzene rings is 1. The van der Waals surface area contributed by atoms with Crippen LogP contribution in [-0.4, -0.2) is 51.7 Å². The number of amides is 1. The van der Waals surface area contributed by atoms with Crippen molar-refractivity contribution in [3.05, 3.63) is 51.0 Å². The molecular weight excluding hydrogens is 366 g/mol. The molecule has 1 aliphatic rings. The molecule has 0 N–H and O–H groups in total. The summed E-state index contributed by atoms with van der Waals surface area (Å²) in [6.07, 6.45) is 0. The van der Waals surface area contributed by atoms with E-state index in [9.17, 15) is 9.18 Å². The molecule has 1 aliphatic heterocycles. The molecule has 5 nitrogen and oxygen atoms in total. The molecule has 0 aliphatic carbocycles. The van der Waals surface area contributed by atoms with Gasteiger partial charge in [-0.15, -0.1) is 0 Å². The minimum Gasteiger partial charge on any atom is -0.335 e. The molecule has 25 heavy (non-hydrogen) atoms. The summed E-state index contributed by atoms with van der Waals surface area (Å²) in [6.45, 7) is 4.58. The first-order valence-electron chi connectivity index (χ1n) is 8.02. The van der Waals surface area contributed by atoms with Gasteiger partial charge in [0.15, 0.2) is 0 Å². The molecule has 0 bridgehead atoms. The van der Waals surface area contributed by atoms with Gasteiger partial charge in [0, 0.05) is 50.4 Å². The number of rotatable bonds is 3. The van der Waals surface area contributed by atoms with E-state index in [0.29, 0.717) is 59.7 Å². The molecule has 1 fully saturated rings. The number of piperazine rings is 1. The third kappa shape index (κ3) is 3.66. The largest absolute Gasteiger partial charge is 0.335 e. The van der Waals surface area contributed by atoms with Crippen molar-refractivity contribution < 1.29 is 9.18 Å². The quantitative estimate of drug-likeness (QED) is 0.815. The number of carbonyl (C=O) groups is 1. The highest BCUT2D eigenvalue weighted by molar-refractivity contribution is 6.34. The number of aryl methyl sites for hydroxylation is 2. The van der Waals surface area contributed by atoms with E-state index in [1.165, 1.54) is 10.7 Å². The zero-order valence-electron chi connectivity index (χ0n) is 14.1. The van der Waals surface area contributed by atoms with E-state index >= 15 is 0 Å². The van der Waals surface area contributed by atoms with Crippen LogP contribution in [0.2, 0.25) is 10.0 Å². The van der Waals surface area contributed by atoms with Gasteiger partial charge in [-0.1, -0.05) is 29.3 Å². The molecule has 0 radical (unpaired) electrons. The van der Waals surface area contributed by atoms with Crippen molar-refractivity contribution >= 4 is 29.1 Å². The number of carbonyl (C=O) groups excluding carboxylic acids is 1. The van der Waals surface area contributed by atoms with Gasteiger partial charge in [0.2, 0.25) is 0 Å². The van der Waals surface area contributed by atoms with Crippen molar-refractivity contribution in [2.24, 2.45) is 7.05 Å². The lowest BCUT2D eigenvalue weighted by Gasteiger charge is -2.34. The average Bonchev–Trinajstić information content (AvgIpc) is 2.83. The molecule has 2 heterocycles. The van der Waals surface area contributed by atoms with Crippen LogP contribution in [0, 0.1) is 12.7 Å².